The van der Waals surface area contributed by atoms with Crippen molar-refractivity contribution in [3.05, 3.63) is 18.2 Å². The molecular weight excluding hydrogens is 83.0 g/mol. The number of aromatic nitrogens is 2. The summed E-state index contributed by atoms with van der Waals surface area (Å²) < 4.78 is 0. The second-order valence-corrected chi connectivity index (χ2v) is 1.17. The van der Waals surface area contributed by atoms with Crippen molar-refractivity contribution in [2.24, 2.45) is 0 Å². The molecule has 3 heteroatoms. The van der Waals surface area contributed by atoms with E-state index < -0.39 is 0 Å². The maximum absolute atomic E-state index is 3.86. The van der Waals surface area contributed by atoms with Gasteiger partial charge in [-0.2, -0.15) is 0 Å². The molecule has 0 spiro atoms. The molecule has 0 amide bonds. The SMILES string of the molecule is Cc1ncc[nH]1.[Li]. The van der Waals surface area contributed by atoms with Crippen molar-refractivity contribution in [1.82, 2.24) is 9.97 Å². The van der Waals surface area contributed by atoms with Gasteiger partial charge in [0.05, 0.1) is 0 Å². The molecule has 1 heterocycles. The topological polar surface area (TPSA) is 28.7 Å². The quantitative estimate of drug-likeness (QED) is 0.456. The normalized spacial score (nSPS) is 7.57. The summed E-state index contributed by atoms with van der Waals surface area (Å²) in [5.74, 6) is 0.968. The monoisotopic (exact) mass is 89.1 g/mol. The van der Waals surface area contributed by atoms with Crippen molar-refractivity contribution in [1.29, 1.82) is 0 Å². The fraction of sp³-hybridized carbons (Fsp3) is 0.250. The van der Waals surface area contributed by atoms with Gasteiger partial charge in [-0.05, 0) is 6.92 Å². The van der Waals surface area contributed by atoms with Crippen LogP contribution in [0.1, 0.15) is 5.82 Å². The molecule has 0 aliphatic rings. The van der Waals surface area contributed by atoms with Crippen molar-refractivity contribution < 1.29 is 0 Å². The largest absolute Gasteiger partial charge is 0.349 e. The molecule has 0 aromatic carbocycles. The molecule has 0 aliphatic carbocycles. The number of H-pyrrole nitrogens is 1. The third-order valence-electron chi connectivity index (χ3n) is 0.635. The predicted octanol–water partition coefficient (Wildman–Crippen LogP) is 0.337. The zero-order chi connectivity index (χ0) is 4.41. The van der Waals surface area contributed by atoms with E-state index >= 15 is 0 Å². The summed E-state index contributed by atoms with van der Waals surface area (Å²) in [5.41, 5.74) is 0. The standard InChI is InChI=1S/C4H6N2.Li/c1-4-5-2-3-6-4;/h2-3H,1H3,(H,5,6);. The van der Waals surface area contributed by atoms with E-state index in [1.165, 1.54) is 0 Å². The first-order chi connectivity index (χ1) is 2.89. The van der Waals surface area contributed by atoms with Gasteiger partial charge in [0.1, 0.15) is 5.82 Å². The molecule has 2 nitrogen and oxygen atoms in total. The Morgan fingerprint density at radius 3 is 2.57 bits per heavy atom. The maximum atomic E-state index is 3.86. The van der Waals surface area contributed by atoms with Crippen LogP contribution in [-0.4, -0.2) is 28.8 Å². The second kappa shape index (κ2) is 2.90. The maximum Gasteiger partial charge on any atom is 0.102 e. The molecule has 7 heavy (non-hydrogen) atoms. The van der Waals surface area contributed by atoms with Crippen LogP contribution in [-0.2, 0) is 0 Å². The number of aryl methyl sites for hydroxylation is 1. The van der Waals surface area contributed by atoms with Gasteiger partial charge in [-0.3, -0.25) is 0 Å². The number of nitrogens with one attached hydrogen (secondary N) is 1. The Labute approximate surface area is 54.5 Å². The van der Waals surface area contributed by atoms with E-state index in [-0.39, 0.29) is 18.9 Å². The number of hydrogen-bond acceptors (Lipinski definition) is 1. The number of nitrogens with zero attached hydrogens (tertiary/aromatic N) is 1. The molecule has 0 atom stereocenters. The van der Waals surface area contributed by atoms with E-state index in [9.17, 15) is 0 Å². The van der Waals surface area contributed by atoms with Gasteiger partial charge in [-0.15, -0.1) is 0 Å². The van der Waals surface area contributed by atoms with Gasteiger partial charge >= 0.3 is 0 Å². The molecule has 1 aromatic heterocycles. The summed E-state index contributed by atoms with van der Waals surface area (Å²) in [4.78, 5) is 6.75. The van der Waals surface area contributed by atoms with Crippen LogP contribution in [0.3, 0.4) is 0 Å². The summed E-state index contributed by atoms with van der Waals surface area (Å²) in [6.07, 6.45) is 3.53. The minimum absolute atomic E-state index is 0. The smallest absolute Gasteiger partial charge is 0.102 e. The Kier molecular flexibility index (Phi) is 2.82. The number of hydrogen-bond donors (Lipinski definition) is 1. The van der Waals surface area contributed by atoms with E-state index in [4.69, 9.17) is 0 Å². The first-order valence-corrected chi connectivity index (χ1v) is 1.85. The zero-order valence-corrected chi connectivity index (χ0v) is 4.60. The summed E-state index contributed by atoms with van der Waals surface area (Å²) >= 11 is 0. The van der Waals surface area contributed by atoms with Gasteiger partial charge in [0.25, 0.3) is 0 Å². The third-order valence-corrected chi connectivity index (χ3v) is 0.635. The second-order valence-electron chi connectivity index (χ2n) is 1.17. The summed E-state index contributed by atoms with van der Waals surface area (Å²) in [5, 5.41) is 0. The average Bonchev–Trinajstić information content (AvgIpc) is 1.86. The number of aromatic amines is 1. The molecule has 0 saturated carbocycles. The Hall–Kier alpha value is -0.193. The molecular formula is C4H6LiN2. The Morgan fingerprint density at radius 1 is 1.71 bits per heavy atom. The van der Waals surface area contributed by atoms with E-state index in [0.717, 1.165) is 5.82 Å². The van der Waals surface area contributed by atoms with Gasteiger partial charge in [0.2, 0.25) is 0 Å². The summed E-state index contributed by atoms with van der Waals surface area (Å²) in [6.45, 7) is 1.92. The van der Waals surface area contributed by atoms with Crippen LogP contribution in [0.15, 0.2) is 12.4 Å². The number of rotatable bonds is 0. The minimum Gasteiger partial charge on any atom is -0.349 e. The van der Waals surface area contributed by atoms with Crippen molar-refractivity contribution in [2.75, 3.05) is 0 Å². The fourth-order valence-corrected chi connectivity index (χ4v) is 0.344. The van der Waals surface area contributed by atoms with Crippen molar-refractivity contribution in [2.45, 2.75) is 6.92 Å². The molecule has 1 radical (unpaired) electrons. The predicted molar refractivity (Wildman–Crippen MR) is 29.1 cm³/mol. The first kappa shape index (κ1) is 6.81. The average molecular weight is 89.0 g/mol. The molecule has 33 valence electrons. The van der Waals surface area contributed by atoms with Gasteiger partial charge in [0, 0.05) is 31.3 Å². The Bertz CT molecular complexity index is 113. The fourth-order valence-electron chi connectivity index (χ4n) is 0.344. The molecule has 0 aliphatic heterocycles. The molecule has 0 unspecified atom stereocenters. The summed E-state index contributed by atoms with van der Waals surface area (Å²) in [6, 6.07) is 0. The van der Waals surface area contributed by atoms with Crippen LogP contribution < -0.4 is 0 Å². The van der Waals surface area contributed by atoms with E-state index in [0.29, 0.717) is 0 Å². The van der Waals surface area contributed by atoms with Crippen molar-refractivity contribution in [3.8, 4) is 0 Å². The van der Waals surface area contributed by atoms with Gasteiger partial charge in [0.15, 0.2) is 0 Å². The van der Waals surface area contributed by atoms with Crippen LogP contribution >= 0.6 is 0 Å². The van der Waals surface area contributed by atoms with Crippen LogP contribution in [0.5, 0.6) is 0 Å². The van der Waals surface area contributed by atoms with Gasteiger partial charge < -0.3 is 4.98 Å². The Balaban J connectivity index is 0.000000360. The Morgan fingerprint density at radius 2 is 2.43 bits per heavy atom. The molecule has 0 bridgehead atoms. The first-order valence-electron chi connectivity index (χ1n) is 1.85. The van der Waals surface area contributed by atoms with E-state index in [1.54, 1.807) is 12.4 Å². The van der Waals surface area contributed by atoms with Crippen molar-refractivity contribution >= 4 is 18.9 Å². The number of imidazole rings is 1. The van der Waals surface area contributed by atoms with Gasteiger partial charge in [-0.25, -0.2) is 4.98 Å². The van der Waals surface area contributed by atoms with E-state index in [1.807, 2.05) is 6.92 Å². The van der Waals surface area contributed by atoms with Gasteiger partial charge in [-0.1, -0.05) is 0 Å². The molecule has 1 rings (SSSR count). The molecule has 0 saturated heterocycles. The van der Waals surface area contributed by atoms with Crippen LogP contribution in [0.2, 0.25) is 0 Å². The minimum atomic E-state index is 0. The van der Waals surface area contributed by atoms with Crippen LogP contribution in [0, 0.1) is 6.92 Å². The van der Waals surface area contributed by atoms with E-state index in [2.05, 4.69) is 9.97 Å². The van der Waals surface area contributed by atoms with Crippen LogP contribution in [0.25, 0.3) is 0 Å². The van der Waals surface area contributed by atoms with Crippen LogP contribution in [0.4, 0.5) is 0 Å². The molecule has 1 N–H and O–H groups in total. The van der Waals surface area contributed by atoms with Crippen molar-refractivity contribution in [3.63, 3.8) is 0 Å². The third kappa shape index (κ3) is 1.82. The summed E-state index contributed by atoms with van der Waals surface area (Å²) in [7, 11) is 0. The molecule has 0 fully saturated rings. The zero-order valence-electron chi connectivity index (χ0n) is 4.60. The molecule has 1 aromatic rings.